The summed E-state index contributed by atoms with van der Waals surface area (Å²) in [5.74, 6) is 0.922. The Morgan fingerprint density at radius 2 is 1.54 bits per heavy atom. The van der Waals surface area contributed by atoms with Gasteiger partial charge in [-0.2, -0.15) is 0 Å². The highest BCUT2D eigenvalue weighted by Crippen LogP contribution is 2.20. The van der Waals surface area contributed by atoms with Crippen molar-refractivity contribution in [2.24, 2.45) is 0 Å². The van der Waals surface area contributed by atoms with Crippen LogP contribution in [-0.4, -0.2) is 26.3 Å². The molecule has 0 atom stereocenters. The predicted octanol–water partition coefficient (Wildman–Crippen LogP) is 4.66. The van der Waals surface area contributed by atoms with E-state index in [1.165, 1.54) is 43.6 Å². The standard InChI is InChI=1S/C21H27NO2/c1-3-8-21(9-4-1)24-17-7-16-23-18-19-10-12-20(13-11-19)22-14-5-2-6-15-22/h1,3-4,8-13H,2,5-7,14-18H2. The molecule has 128 valence electrons. The molecular formula is C21H27NO2. The third kappa shape index (κ3) is 5.27. The number of anilines is 1. The van der Waals surface area contributed by atoms with Crippen LogP contribution in [0.4, 0.5) is 5.69 Å². The highest BCUT2D eigenvalue weighted by Gasteiger charge is 2.10. The van der Waals surface area contributed by atoms with Gasteiger partial charge in [0.2, 0.25) is 0 Å². The zero-order valence-corrected chi connectivity index (χ0v) is 14.3. The maximum atomic E-state index is 5.75. The van der Waals surface area contributed by atoms with E-state index in [9.17, 15) is 0 Å². The molecule has 0 radical (unpaired) electrons. The van der Waals surface area contributed by atoms with E-state index < -0.39 is 0 Å². The van der Waals surface area contributed by atoms with Crippen LogP contribution in [0.25, 0.3) is 0 Å². The summed E-state index contributed by atoms with van der Waals surface area (Å²) in [6.45, 7) is 4.47. The molecule has 2 aromatic carbocycles. The van der Waals surface area contributed by atoms with E-state index in [0.717, 1.165) is 18.8 Å². The molecule has 1 heterocycles. The molecule has 0 amide bonds. The summed E-state index contributed by atoms with van der Waals surface area (Å²) in [4.78, 5) is 2.48. The van der Waals surface area contributed by atoms with Crippen LogP contribution >= 0.6 is 0 Å². The van der Waals surface area contributed by atoms with Gasteiger partial charge in [0.15, 0.2) is 0 Å². The van der Waals surface area contributed by atoms with E-state index in [-0.39, 0.29) is 0 Å². The minimum Gasteiger partial charge on any atom is -0.494 e. The summed E-state index contributed by atoms with van der Waals surface area (Å²) in [6, 6.07) is 18.7. The summed E-state index contributed by atoms with van der Waals surface area (Å²) in [5.41, 5.74) is 2.58. The molecule has 24 heavy (non-hydrogen) atoms. The Morgan fingerprint density at radius 1 is 0.792 bits per heavy atom. The Balaban J connectivity index is 1.32. The quantitative estimate of drug-likeness (QED) is 0.659. The lowest BCUT2D eigenvalue weighted by Gasteiger charge is -2.28. The van der Waals surface area contributed by atoms with E-state index in [0.29, 0.717) is 13.2 Å². The molecule has 1 aliphatic rings. The fraction of sp³-hybridized carbons (Fsp3) is 0.429. The van der Waals surface area contributed by atoms with E-state index in [2.05, 4.69) is 29.2 Å². The zero-order valence-electron chi connectivity index (χ0n) is 14.3. The largest absolute Gasteiger partial charge is 0.494 e. The molecule has 3 rings (SSSR count). The van der Waals surface area contributed by atoms with Gasteiger partial charge >= 0.3 is 0 Å². The Hall–Kier alpha value is -2.00. The third-order valence-electron chi connectivity index (χ3n) is 4.37. The van der Waals surface area contributed by atoms with Crippen molar-refractivity contribution in [2.45, 2.75) is 32.3 Å². The average molecular weight is 325 g/mol. The van der Waals surface area contributed by atoms with Gasteiger partial charge in [-0.15, -0.1) is 0 Å². The molecule has 0 unspecified atom stereocenters. The number of hydrogen-bond acceptors (Lipinski definition) is 3. The van der Waals surface area contributed by atoms with Gasteiger partial charge in [-0.1, -0.05) is 30.3 Å². The van der Waals surface area contributed by atoms with E-state index in [4.69, 9.17) is 9.47 Å². The van der Waals surface area contributed by atoms with Gasteiger partial charge in [0.25, 0.3) is 0 Å². The first-order valence-electron chi connectivity index (χ1n) is 9.01. The van der Waals surface area contributed by atoms with Crippen LogP contribution < -0.4 is 9.64 Å². The van der Waals surface area contributed by atoms with Crippen LogP contribution in [0, 0.1) is 0 Å². The number of para-hydroxylation sites is 1. The lowest BCUT2D eigenvalue weighted by Crippen LogP contribution is -2.29. The molecule has 1 aliphatic heterocycles. The minimum atomic E-state index is 0.672. The maximum Gasteiger partial charge on any atom is 0.119 e. The molecular weight excluding hydrogens is 298 g/mol. The van der Waals surface area contributed by atoms with Crippen LogP contribution in [0.3, 0.4) is 0 Å². The molecule has 0 spiro atoms. The summed E-state index contributed by atoms with van der Waals surface area (Å²) in [6.07, 6.45) is 4.91. The number of rotatable bonds is 8. The van der Waals surface area contributed by atoms with Crippen LogP contribution in [0.15, 0.2) is 54.6 Å². The van der Waals surface area contributed by atoms with Crippen molar-refractivity contribution in [1.29, 1.82) is 0 Å². The number of hydrogen-bond donors (Lipinski definition) is 0. The van der Waals surface area contributed by atoms with Crippen molar-refractivity contribution in [3.63, 3.8) is 0 Å². The number of benzene rings is 2. The first-order valence-corrected chi connectivity index (χ1v) is 9.01. The number of piperidine rings is 1. The number of ether oxygens (including phenoxy) is 2. The first kappa shape index (κ1) is 16.8. The molecule has 1 fully saturated rings. The first-order chi connectivity index (χ1) is 11.9. The zero-order chi connectivity index (χ0) is 16.5. The van der Waals surface area contributed by atoms with E-state index in [1.54, 1.807) is 0 Å². The van der Waals surface area contributed by atoms with Crippen LogP contribution in [-0.2, 0) is 11.3 Å². The van der Waals surface area contributed by atoms with Crippen LogP contribution in [0.2, 0.25) is 0 Å². The Kier molecular flexibility index (Phi) is 6.55. The molecule has 0 N–H and O–H groups in total. The molecule has 2 aromatic rings. The molecule has 0 aromatic heterocycles. The van der Waals surface area contributed by atoms with Gasteiger partial charge in [0, 0.05) is 25.2 Å². The second-order valence-electron chi connectivity index (χ2n) is 6.28. The van der Waals surface area contributed by atoms with Gasteiger partial charge < -0.3 is 14.4 Å². The normalized spacial score (nSPS) is 14.6. The fourth-order valence-corrected chi connectivity index (χ4v) is 3.01. The van der Waals surface area contributed by atoms with Gasteiger partial charge in [-0.05, 0) is 49.1 Å². The predicted molar refractivity (Wildman–Crippen MR) is 98.7 cm³/mol. The molecule has 0 saturated carbocycles. The highest BCUT2D eigenvalue weighted by atomic mass is 16.5. The van der Waals surface area contributed by atoms with Crippen LogP contribution in [0.1, 0.15) is 31.2 Å². The summed E-state index contributed by atoms with van der Waals surface area (Å²) in [5, 5.41) is 0. The second-order valence-corrected chi connectivity index (χ2v) is 6.28. The van der Waals surface area contributed by atoms with Crippen LogP contribution in [0.5, 0.6) is 5.75 Å². The van der Waals surface area contributed by atoms with Crippen molar-refractivity contribution >= 4 is 5.69 Å². The molecule has 3 heteroatoms. The van der Waals surface area contributed by atoms with Crippen molar-refractivity contribution in [3.8, 4) is 5.75 Å². The maximum absolute atomic E-state index is 5.75. The number of nitrogens with zero attached hydrogens (tertiary/aromatic N) is 1. The van der Waals surface area contributed by atoms with Crippen molar-refractivity contribution in [2.75, 3.05) is 31.2 Å². The van der Waals surface area contributed by atoms with Crippen molar-refractivity contribution in [3.05, 3.63) is 60.2 Å². The molecule has 3 nitrogen and oxygen atoms in total. The third-order valence-corrected chi connectivity index (χ3v) is 4.37. The minimum absolute atomic E-state index is 0.672. The van der Waals surface area contributed by atoms with E-state index >= 15 is 0 Å². The summed E-state index contributed by atoms with van der Waals surface area (Å²) >= 11 is 0. The Labute approximate surface area is 145 Å². The summed E-state index contributed by atoms with van der Waals surface area (Å²) in [7, 11) is 0. The topological polar surface area (TPSA) is 21.7 Å². The van der Waals surface area contributed by atoms with Crippen molar-refractivity contribution in [1.82, 2.24) is 0 Å². The monoisotopic (exact) mass is 325 g/mol. The molecule has 1 saturated heterocycles. The fourth-order valence-electron chi connectivity index (χ4n) is 3.01. The highest BCUT2D eigenvalue weighted by molar-refractivity contribution is 5.47. The Morgan fingerprint density at radius 3 is 2.29 bits per heavy atom. The second kappa shape index (κ2) is 9.33. The SMILES string of the molecule is c1ccc(OCCCOCc2ccc(N3CCCCC3)cc2)cc1. The van der Waals surface area contributed by atoms with Gasteiger partial charge in [0.05, 0.1) is 19.8 Å². The van der Waals surface area contributed by atoms with Crippen molar-refractivity contribution < 1.29 is 9.47 Å². The average Bonchev–Trinajstić information content (AvgIpc) is 2.67. The van der Waals surface area contributed by atoms with Gasteiger partial charge in [-0.3, -0.25) is 0 Å². The molecule has 0 bridgehead atoms. The molecule has 0 aliphatic carbocycles. The summed E-state index contributed by atoms with van der Waals surface area (Å²) < 4.78 is 11.4. The van der Waals surface area contributed by atoms with Gasteiger partial charge in [0.1, 0.15) is 5.75 Å². The lowest BCUT2D eigenvalue weighted by molar-refractivity contribution is 0.107. The van der Waals surface area contributed by atoms with E-state index in [1.807, 2.05) is 30.3 Å². The Bertz CT molecular complexity index is 577. The van der Waals surface area contributed by atoms with Gasteiger partial charge in [-0.25, -0.2) is 0 Å². The smallest absolute Gasteiger partial charge is 0.119 e. The lowest BCUT2D eigenvalue weighted by atomic mass is 10.1.